The van der Waals surface area contributed by atoms with Crippen molar-refractivity contribution in [2.75, 3.05) is 20.8 Å². The van der Waals surface area contributed by atoms with Crippen molar-refractivity contribution in [2.45, 2.75) is 13.0 Å². The van der Waals surface area contributed by atoms with Crippen LogP contribution in [-0.4, -0.2) is 32.8 Å². The van der Waals surface area contributed by atoms with Gasteiger partial charge < -0.3 is 14.8 Å². The normalized spacial score (nSPS) is 12.0. The van der Waals surface area contributed by atoms with Crippen LogP contribution < -0.4 is 10.1 Å². The van der Waals surface area contributed by atoms with E-state index < -0.39 is 0 Å². The zero-order chi connectivity index (χ0) is 12.8. The first-order valence-electron chi connectivity index (χ1n) is 5.21. The molecule has 0 aliphatic heterocycles. The smallest absolute Gasteiger partial charge is 0.252 e. The quantitative estimate of drug-likeness (QED) is 0.907. The molecule has 1 atom stereocenters. The van der Waals surface area contributed by atoms with Crippen LogP contribution in [0.4, 0.5) is 0 Å². The average Bonchev–Trinajstić information content (AvgIpc) is 2.29. The Hall–Kier alpha value is -1.07. The second kappa shape index (κ2) is 6.61. The van der Waals surface area contributed by atoms with Crippen molar-refractivity contribution < 1.29 is 14.3 Å². The molecule has 0 bridgehead atoms. The SMILES string of the molecule is COCC(C)NC(=O)c1cc(OC)ccc1Br. The van der Waals surface area contributed by atoms with Crippen molar-refractivity contribution in [3.8, 4) is 5.75 Å². The van der Waals surface area contributed by atoms with Crippen LogP contribution in [0.15, 0.2) is 22.7 Å². The minimum atomic E-state index is -0.152. The molecule has 1 unspecified atom stereocenters. The molecule has 17 heavy (non-hydrogen) atoms. The molecular weight excluding hydrogens is 286 g/mol. The van der Waals surface area contributed by atoms with Crippen LogP contribution in [-0.2, 0) is 4.74 Å². The molecule has 0 spiro atoms. The van der Waals surface area contributed by atoms with Crippen LogP contribution in [0.25, 0.3) is 0 Å². The van der Waals surface area contributed by atoms with Gasteiger partial charge in [-0.3, -0.25) is 4.79 Å². The highest BCUT2D eigenvalue weighted by Crippen LogP contribution is 2.22. The summed E-state index contributed by atoms with van der Waals surface area (Å²) in [5.41, 5.74) is 0.548. The molecule has 1 amide bonds. The van der Waals surface area contributed by atoms with Gasteiger partial charge in [0.15, 0.2) is 0 Å². The Morgan fingerprint density at radius 2 is 2.18 bits per heavy atom. The summed E-state index contributed by atoms with van der Waals surface area (Å²) in [7, 11) is 3.17. The first kappa shape index (κ1) is 14.0. The van der Waals surface area contributed by atoms with Gasteiger partial charge in [0.05, 0.1) is 19.3 Å². The Labute approximate surface area is 109 Å². The van der Waals surface area contributed by atoms with E-state index in [1.54, 1.807) is 32.4 Å². The number of hydrogen-bond donors (Lipinski definition) is 1. The van der Waals surface area contributed by atoms with Crippen molar-refractivity contribution in [2.24, 2.45) is 0 Å². The highest BCUT2D eigenvalue weighted by Gasteiger charge is 2.13. The predicted molar refractivity (Wildman–Crippen MR) is 69.5 cm³/mol. The molecule has 0 aliphatic rings. The van der Waals surface area contributed by atoms with Crippen LogP contribution in [0.2, 0.25) is 0 Å². The molecule has 0 aliphatic carbocycles. The van der Waals surface area contributed by atoms with E-state index >= 15 is 0 Å². The fourth-order valence-electron chi connectivity index (χ4n) is 1.40. The number of rotatable bonds is 5. The number of amides is 1. The lowest BCUT2D eigenvalue weighted by Gasteiger charge is -2.14. The highest BCUT2D eigenvalue weighted by molar-refractivity contribution is 9.10. The summed E-state index contributed by atoms with van der Waals surface area (Å²) in [6, 6.07) is 5.23. The van der Waals surface area contributed by atoms with Gasteiger partial charge in [-0.25, -0.2) is 0 Å². The van der Waals surface area contributed by atoms with Crippen molar-refractivity contribution in [1.29, 1.82) is 0 Å². The van der Waals surface area contributed by atoms with Gasteiger partial charge >= 0.3 is 0 Å². The number of carbonyl (C=O) groups is 1. The Balaban J connectivity index is 2.80. The molecule has 1 N–H and O–H groups in total. The van der Waals surface area contributed by atoms with Gasteiger partial charge in [0, 0.05) is 17.6 Å². The summed E-state index contributed by atoms with van der Waals surface area (Å²) < 4.78 is 10.8. The molecule has 0 aromatic heterocycles. The highest BCUT2D eigenvalue weighted by atomic mass is 79.9. The van der Waals surface area contributed by atoms with Gasteiger partial charge in [-0.2, -0.15) is 0 Å². The van der Waals surface area contributed by atoms with Crippen LogP contribution in [0.1, 0.15) is 17.3 Å². The first-order valence-corrected chi connectivity index (χ1v) is 6.01. The molecule has 5 heteroatoms. The third kappa shape index (κ3) is 4.02. The molecule has 0 radical (unpaired) electrons. The van der Waals surface area contributed by atoms with E-state index in [2.05, 4.69) is 21.2 Å². The Morgan fingerprint density at radius 1 is 1.47 bits per heavy atom. The van der Waals surface area contributed by atoms with Gasteiger partial charge in [0.1, 0.15) is 5.75 Å². The van der Waals surface area contributed by atoms with Crippen molar-refractivity contribution in [3.63, 3.8) is 0 Å². The summed E-state index contributed by atoms with van der Waals surface area (Å²) in [6.07, 6.45) is 0. The maximum Gasteiger partial charge on any atom is 0.252 e. The van der Waals surface area contributed by atoms with E-state index in [-0.39, 0.29) is 11.9 Å². The van der Waals surface area contributed by atoms with Crippen molar-refractivity contribution in [3.05, 3.63) is 28.2 Å². The van der Waals surface area contributed by atoms with Gasteiger partial charge in [0.25, 0.3) is 5.91 Å². The van der Waals surface area contributed by atoms with Gasteiger partial charge in [-0.15, -0.1) is 0 Å². The third-order valence-corrected chi connectivity index (χ3v) is 2.90. The number of methoxy groups -OCH3 is 2. The lowest BCUT2D eigenvalue weighted by atomic mass is 10.2. The summed E-state index contributed by atoms with van der Waals surface area (Å²) in [5, 5.41) is 2.84. The second-order valence-corrected chi connectivity index (χ2v) is 4.53. The molecule has 0 saturated heterocycles. The number of ether oxygens (including phenoxy) is 2. The van der Waals surface area contributed by atoms with Crippen LogP contribution in [0.5, 0.6) is 5.75 Å². The summed E-state index contributed by atoms with van der Waals surface area (Å²) in [4.78, 5) is 12.0. The number of carbonyl (C=O) groups excluding carboxylic acids is 1. The fraction of sp³-hybridized carbons (Fsp3) is 0.417. The zero-order valence-corrected chi connectivity index (χ0v) is 11.7. The second-order valence-electron chi connectivity index (χ2n) is 3.68. The van der Waals surface area contributed by atoms with Gasteiger partial charge in [-0.05, 0) is 41.1 Å². The summed E-state index contributed by atoms with van der Waals surface area (Å²) in [6.45, 7) is 2.36. The molecule has 1 rings (SSSR count). The zero-order valence-electron chi connectivity index (χ0n) is 10.1. The maximum atomic E-state index is 12.0. The van der Waals surface area contributed by atoms with Crippen LogP contribution in [0, 0.1) is 0 Å². The maximum absolute atomic E-state index is 12.0. The number of halogens is 1. The standard InChI is InChI=1S/C12H16BrNO3/c1-8(7-16-2)14-12(15)10-6-9(17-3)4-5-11(10)13/h4-6,8H,7H2,1-3H3,(H,14,15). The van der Waals surface area contributed by atoms with Crippen LogP contribution >= 0.6 is 15.9 Å². The number of hydrogen-bond acceptors (Lipinski definition) is 3. The van der Waals surface area contributed by atoms with E-state index in [1.807, 2.05) is 6.92 Å². The topological polar surface area (TPSA) is 47.6 Å². The first-order chi connectivity index (χ1) is 8.08. The van der Waals surface area contributed by atoms with E-state index in [0.29, 0.717) is 17.9 Å². The van der Waals surface area contributed by atoms with E-state index in [9.17, 15) is 4.79 Å². The van der Waals surface area contributed by atoms with Crippen molar-refractivity contribution in [1.82, 2.24) is 5.32 Å². The minimum Gasteiger partial charge on any atom is -0.497 e. The fourth-order valence-corrected chi connectivity index (χ4v) is 1.83. The molecule has 0 fully saturated rings. The molecular formula is C12H16BrNO3. The van der Waals surface area contributed by atoms with Gasteiger partial charge in [-0.1, -0.05) is 0 Å². The molecule has 1 aromatic carbocycles. The van der Waals surface area contributed by atoms with Crippen LogP contribution in [0.3, 0.4) is 0 Å². The lowest BCUT2D eigenvalue weighted by Crippen LogP contribution is -2.35. The van der Waals surface area contributed by atoms with Gasteiger partial charge in [0.2, 0.25) is 0 Å². The molecule has 94 valence electrons. The number of nitrogens with one attached hydrogen (secondary N) is 1. The van der Waals surface area contributed by atoms with E-state index in [0.717, 1.165) is 4.47 Å². The van der Waals surface area contributed by atoms with E-state index in [1.165, 1.54) is 0 Å². The van der Waals surface area contributed by atoms with E-state index in [4.69, 9.17) is 9.47 Å². The Morgan fingerprint density at radius 3 is 2.76 bits per heavy atom. The predicted octanol–water partition coefficient (Wildman–Crippen LogP) is 2.22. The lowest BCUT2D eigenvalue weighted by molar-refractivity contribution is 0.0904. The molecule has 4 nitrogen and oxygen atoms in total. The molecule has 1 aromatic rings. The average molecular weight is 302 g/mol. The molecule has 0 heterocycles. The summed E-state index contributed by atoms with van der Waals surface area (Å²) in [5.74, 6) is 0.498. The largest absolute Gasteiger partial charge is 0.497 e. The minimum absolute atomic E-state index is 0.0365. The monoisotopic (exact) mass is 301 g/mol. The van der Waals surface area contributed by atoms with Crippen molar-refractivity contribution >= 4 is 21.8 Å². The number of benzene rings is 1. The third-order valence-electron chi connectivity index (χ3n) is 2.21. The Kier molecular flexibility index (Phi) is 5.44. The molecule has 0 saturated carbocycles. The Bertz CT molecular complexity index is 395. The summed E-state index contributed by atoms with van der Waals surface area (Å²) >= 11 is 3.34.